The zero-order valence-electron chi connectivity index (χ0n) is 14.2. The molecule has 4 heteroatoms. The Kier molecular flexibility index (Phi) is 6.05. The maximum Gasteiger partial charge on any atom is 0.127 e. The van der Waals surface area contributed by atoms with Gasteiger partial charge in [0.1, 0.15) is 17.2 Å². The summed E-state index contributed by atoms with van der Waals surface area (Å²) in [7, 11) is 4.52. The van der Waals surface area contributed by atoms with Crippen LogP contribution in [0.5, 0.6) is 17.2 Å². The van der Waals surface area contributed by atoms with Gasteiger partial charge in [-0.05, 0) is 47.5 Å². The fourth-order valence-corrected chi connectivity index (χ4v) is 2.84. The fraction of sp³-hybridized carbons (Fsp3) is 0.143. The molecule has 0 aliphatic carbocycles. The Labute approximate surface area is 151 Å². The second-order valence-electron chi connectivity index (χ2n) is 5.69. The second kappa shape index (κ2) is 8.66. The third-order valence-electron chi connectivity index (χ3n) is 3.88. The minimum Gasteiger partial charge on any atom is -0.497 e. The van der Waals surface area contributed by atoms with E-state index in [1.54, 1.807) is 7.11 Å². The number of methoxy groups -OCH3 is 1. The molecule has 0 fully saturated rings. The lowest BCUT2D eigenvalue weighted by Gasteiger charge is -2.15. The monoisotopic (exact) mass is 351 g/mol. The molecule has 2 unspecified atom stereocenters. The molecule has 0 heterocycles. The largest absolute Gasteiger partial charge is 0.497 e. The molecule has 0 bridgehead atoms. The predicted octanol–water partition coefficient (Wildman–Crippen LogP) is 5.15. The van der Waals surface area contributed by atoms with Gasteiger partial charge < -0.3 is 14.8 Å². The molecule has 0 spiro atoms. The summed E-state index contributed by atoms with van der Waals surface area (Å²) in [5.41, 5.74) is 2.38. The van der Waals surface area contributed by atoms with E-state index < -0.39 is 0 Å². The first-order valence-electron chi connectivity index (χ1n) is 8.19. The highest BCUT2D eigenvalue weighted by atomic mass is 31.0. The van der Waals surface area contributed by atoms with Crippen LogP contribution in [-0.2, 0) is 6.54 Å². The highest BCUT2D eigenvalue weighted by Gasteiger charge is 2.06. The highest BCUT2D eigenvalue weighted by Crippen LogP contribution is 2.26. The van der Waals surface area contributed by atoms with E-state index in [0.29, 0.717) is 0 Å². The summed E-state index contributed by atoms with van der Waals surface area (Å²) in [6, 6.07) is 26.0. The number of para-hydroxylation sites is 1. The first-order chi connectivity index (χ1) is 12.2. The fourth-order valence-electron chi connectivity index (χ4n) is 2.50. The van der Waals surface area contributed by atoms with Crippen molar-refractivity contribution in [2.24, 2.45) is 0 Å². The standard InChI is InChI=1S/C21H22NO2P/c1-23-20-9-5-6-16(14-20)15-22-21(25)17-10-12-19(13-11-17)24-18-7-3-2-4-8-18/h2-14,21-22H,15,25H2,1H3. The summed E-state index contributed by atoms with van der Waals surface area (Å²) in [6.07, 6.45) is 0. The zero-order valence-corrected chi connectivity index (χ0v) is 15.3. The number of benzene rings is 3. The molecule has 0 aliphatic heterocycles. The number of hydrogen-bond donors (Lipinski definition) is 1. The molecule has 2 atom stereocenters. The van der Waals surface area contributed by atoms with Crippen molar-refractivity contribution in [2.75, 3.05) is 7.11 Å². The van der Waals surface area contributed by atoms with Gasteiger partial charge in [-0.3, -0.25) is 0 Å². The average molecular weight is 351 g/mol. The molecule has 3 aromatic rings. The Morgan fingerprint density at radius 2 is 1.52 bits per heavy atom. The molecule has 3 nitrogen and oxygen atoms in total. The van der Waals surface area contributed by atoms with E-state index in [4.69, 9.17) is 9.47 Å². The summed E-state index contributed by atoms with van der Waals surface area (Å²) >= 11 is 0. The van der Waals surface area contributed by atoms with Crippen LogP contribution in [0.1, 0.15) is 16.9 Å². The van der Waals surface area contributed by atoms with Crippen molar-refractivity contribution in [3.8, 4) is 17.2 Å². The molecule has 25 heavy (non-hydrogen) atoms. The van der Waals surface area contributed by atoms with Crippen LogP contribution in [0.25, 0.3) is 0 Å². The molecule has 0 saturated carbocycles. The molecule has 1 N–H and O–H groups in total. The quantitative estimate of drug-likeness (QED) is 0.597. The van der Waals surface area contributed by atoms with E-state index in [1.165, 1.54) is 11.1 Å². The smallest absolute Gasteiger partial charge is 0.127 e. The van der Waals surface area contributed by atoms with Gasteiger partial charge in [0.2, 0.25) is 0 Å². The summed E-state index contributed by atoms with van der Waals surface area (Å²) in [4.78, 5) is 0. The summed E-state index contributed by atoms with van der Waals surface area (Å²) < 4.78 is 11.1. The van der Waals surface area contributed by atoms with Crippen molar-refractivity contribution in [3.63, 3.8) is 0 Å². The van der Waals surface area contributed by atoms with Gasteiger partial charge in [-0.2, -0.15) is 0 Å². The first-order valence-corrected chi connectivity index (χ1v) is 8.86. The predicted molar refractivity (Wildman–Crippen MR) is 105 cm³/mol. The molecular weight excluding hydrogens is 329 g/mol. The molecule has 3 rings (SSSR count). The van der Waals surface area contributed by atoms with Crippen molar-refractivity contribution in [1.29, 1.82) is 0 Å². The van der Waals surface area contributed by atoms with E-state index in [2.05, 4.69) is 32.8 Å². The maximum absolute atomic E-state index is 5.83. The Morgan fingerprint density at radius 3 is 2.24 bits per heavy atom. The van der Waals surface area contributed by atoms with Crippen molar-refractivity contribution in [2.45, 2.75) is 12.3 Å². The first kappa shape index (κ1) is 17.5. The molecule has 0 aliphatic rings. The van der Waals surface area contributed by atoms with Crippen LogP contribution in [-0.4, -0.2) is 7.11 Å². The Bertz CT molecular complexity index is 791. The van der Waals surface area contributed by atoms with Gasteiger partial charge in [0.25, 0.3) is 0 Å². The van der Waals surface area contributed by atoms with Crippen LogP contribution in [0.2, 0.25) is 0 Å². The molecule has 128 valence electrons. The van der Waals surface area contributed by atoms with Crippen LogP contribution >= 0.6 is 9.24 Å². The molecule has 0 saturated heterocycles. The minimum atomic E-state index is 0.164. The summed E-state index contributed by atoms with van der Waals surface area (Å²) in [6.45, 7) is 0.771. The van der Waals surface area contributed by atoms with Crippen molar-refractivity contribution >= 4 is 9.24 Å². The minimum absolute atomic E-state index is 0.164. The molecule has 0 amide bonds. The lowest BCUT2D eigenvalue weighted by atomic mass is 10.2. The Hall–Kier alpha value is -2.35. The number of nitrogens with one attached hydrogen (secondary N) is 1. The van der Waals surface area contributed by atoms with Crippen LogP contribution in [0.3, 0.4) is 0 Å². The van der Waals surface area contributed by atoms with Crippen molar-refractivity contribution < 1.29 is 9.47 Å². The van der Waals surface area contributed by atoms with Gasteiger partial charge in [-0.25, -0.2) is 0 Å². The molecule has 0 radical (unpaired) electrons. The summed E-state index contributed by atoms with van der Waals surface area (Å²) in [5.74, 6) is 2.72. The van der Waals surface area contributed by atoms with Crippen molar-refractivity contribution in [1.82, 2.24) is 5.32 Å². The van der Waals surface area contributed by atoms with Crippen LogP contribution in [0, 0.1) is 0 Å². The lowest BCUT2D eigenvalue weighted by Crippen LogP contribution is -2.15. The van der Waals surface area contributed by atoms with Crippen LogP contribution in [0.4, 0.5) is 0 Å². The van der Waals surface area contributed by atoms with Gasteiger partial charge >= 0.3 is 0 Å². The van der Waals surface area contributed by atoms with Crippen LogP contribution < -0.4 is 14.8 Å². The van der Waals surface area contributed by atoms with E-state index in [-0.39, 0.29) is 5.78 Å². The van der Waals surface area contributed by atoms with E-state index in [0.717, 1.165) is 23.8 Å². The molecule has 3 aromatic carbocycles. The molecular formula is C21H22NO2P. The van der Waals surface area contributed by atoms with Gasteiger partial charge in [-0.15, -0.1) is 9.24 Å². The molecule has 0 aromatic heterocycles. The van der Waals surface area contributed by atoms with E-state index in [9.17, 15) is 0 Å². The SMILES string of the molecule is COc1cccc(CNC(P)c2ccc(Oc3ccccc3)cc2)c1. The Balaban J connectivity index is 1.57. The topological polar surface area (TPSA) is 30.5 Å². The number of hydrogen-bond acceptors (Lipinski definition) is 3. The van der Waals surface area contributed by atoms with Crippen molar-refractivity contribution in [3.05, 3.63) is 90.0 Å². The van der Waals surface area contributed by atoms with Gasteiger partial charge in [0.15, 0.2) is 0 Å². The number of rotatable bonds is 7. The normalized spacial score (nSPS) is 11.8. The highest BCUT2D eigenvalue weighted by molar-refractivity contribution is 7.17. The second-order valence-corrected chi connectivity index (χ2v) is 6.36. The maximum atomic E-state index is 5.83. The third-order valence-corrected chi connectivity index (χ3v) is 4.50. The van der Waals surface area contributed by atoms with Crippen LogP contribution in [0.15, 0.2) is 78.9 Å². The average Bonchev–Trinajstić information content (AvgIpc) is 2.67. The lowest BCUT2D eigenvalue weighted by molar-refractivity contribution is 0.414. The third kappa shape index (κ3) is 5.06. The number of ether oxygens (including phenoxy) is 2. The summed E-state index contributed by atoms with van der Waals surface area (Å²) in [5, 5.41) is 3.50. The van der Waals surface area contributed by atoms with E-state index >= 15 is 0 Å². The van der Waals surface area contributed by atoms with Gasteiger partial charge in [0.05, 0.1) is 7.11 Å². The Morgan fingerprint density at radius 1 is 0.840 bits per heavy atom. The van der Waals surface area contributed by atoms with Gasteiger partial charge in [0, 0.05) is 12.3 Å². The van der Waals surface area contributed by atoms with Gasteiger partial charge in [-0.1, -0.05) is 42.5 Å². The van der Waals surface area contributed by atoms with E-state index in [1.807, 2.05) is 60.7 Å². The zero-order chi connectivity index (χ0) is 17.5.